The van der Waals surface area contributed by atoms with E-state index in [1.54, 1.807) is 0 Å². The summed E-state index contributed by atoms with van der Waals surface area (Å²) in [6.07, 6.45) is 3.72. The zero-order valence-corrected chi connectivity index (χ0v) is 14.1. The number of carbonyl (C=O) groups excluding carboxylic acids is 1. The molecule has 0 saturated heterocycles. The predicted molar refractivity (Wildman–Crippen MR) is 95.0 cm³/mol. The van der Waals surface area contributed by atoms with Gasteiger partial charge < -0.3 is 5.32 Å². The van der Waals surface area contributed by atoms with E-state index in [4.69, 9.17) is 0 Å². The van der Waals surface area contributed by atoms with Crippen LogP contribution in [0.1, 0.15) is 25.0 Å². The molecule has 6 heteroatoms. The minimum Gasteiger partial charge on any atom is -0.342 e. The number of hydrogen-bond donors (Lipinski definition) is 2. The zero-order chi connectivity index (χ0) is 17.7. The molecule has 6 nitrogen and oxygen atoms in total. The average Bonchev–Trinajstić information content (AvgIpc) is 2.51. The number of nitrogens with zero attached hydrogens (tertiary/aromatic N) is 1. The van der Waals surface area contributed by atoms with Gasteiger partial charge in [0, 0.05) is 18.3 Å². The molecule has 0 aliphatic heterocycles. The second-order valence-electron chi connectivity index (χ2n) is 5.57. The van der Waals surface area contributed by atoms with Crippen LogP contribution in [-0.4, -0.2) is 15.3 Å². The highest BCUT2D eigenvalue weighted by Crippen LogP contribution is 2.18. The molecule has 0 bridgehead atoms. The molecule has 0 spiro atoms. The fourth-order valence-electron chi connectivity index (χ4n) is 2.37. The quantitative estimate of drug-likeness (QED) is 0.797. The van der Waals surface area contributed by atoms with Crippen LogP contribution in [0, 0.1) is 6.92 Å². The van der Waals surface area contributed by atoms with E-state index >= 15 is 0 Å². The maximum atomic E-state index is 12.1. The summed E-state index contributed by atoms with van der Waals surface area (Å²) in [7, 11) is 0. The van der Waals surface area contributed by atoms with E-state index in [0.29, 0.717) is 5.82 Å². The van der Waals surface area contributed by atoms with Gasteiger partial charge in [-0.05, 0) is 49.6 Å². The summed E-state index contributed by atoms with van der Waals surface area (Å²) < 4.78 is 1.03. The van der Waals surface area contributed by atoms with E-state index in [1.165, 1.54) is 36.3 Å². The number of H-pyrrole nitrogens is 1. The predicted octanol–water partition coefficient (Wildman–Crippen LogP) is 2.30. The van der Waals surface area contributed by atoms with Crippen LogP contribution in [0.2, 0.25) is 0 Å². The lowest BCUT2D eigenvalue weighted by atomic mass is 10.1. The number of ketones is 1. The van der Waals surface area contributed by atoms with Crippen LogP contribution in [0.25, 0.3) is 0 Å². The van der Waals surface area contributed by atoms with E-state index in [2.05, 4.69) is 17.2 Å². The number of nitrogens with one attached hydrogen (secondary N) is 2. The van der Waals surface area contributed by atoms with Crippen LogP contribution in [0.15, 0.2) is 46.0 Å². The van der Waals surface area contributed by atoms with E-state index in [1.807, 2.05) is 25.1 Å². The molecular weight excluding hydrogens is 306 g/mol. The molecule has 1 heterocycles. The fraction of sp³-hybridized carbons (Fsp3) is 0.278. The smallest absolute Gasteiger partial charge is 0.330 e. The Hall–Kier alpha value is -2.89. The lowest BCUT2D eigenvalue weighted by molar-refractivity contribution is -0.112. The van der Waals surface area contributed by atoms with Crippen molar-refractivity contribution >= 4 is 17.3 Å². The Morgan fingerprint density at radius 2 is 2.04 bits per heavy atom. The molecule has 0 unspecified atom stereocenters. The first-order valence-corrected chi connectivity index (χ1v) is 7.78. The molecule has 126 valence electrons. The Labute approximate surface area is 139 Å². The number of aryl methyl sites for hydroxylation is 2. The van der Waals surface area contributed by atoms with E-state index < -0.39 is 11.2 Å². The largest absolute Gasteiger partial charge is 0.342 e. The fourth-order valence-corrected chi connectivity index (χ4v) is 2.37. The number of aromatic nitrogens is 2. The van der Waals surface area contributed by atoms with Crippen molar-refractivity contribution in [3.63, 3.8) is 0 Å². The number of rotatable bonds is 6. The first kappa shape index (κ1) is 17.5. The number of carbonyl (C=O) groups is 1. The summed E-state index contributed by atoms with van der Waals surface area (Å²) in [5, 5.41) is 3.05. The summed E-state index contributed by atoms with van der Waals surface area (Å²) in [5.41, 5.74) is 2.24. The van der Waals surface area contributed by atoms with Crippen molar-refractivity contribution in [2.24, 2.45) is 0 Å². The molecule has 2 rings (SSSR count). The van der Waals surface area contributed by atoms with Crippen molar-refractivity contribution in [2.45, 2.75) is 33.7 Å². The summed E-state index contributed by atoms with van der Waals surface area (Å²) >= 11 is 0. The van der Waals surface area contributed by atoms with E-state index in [0.717, 1.165) is 16.7 Å². The molecule has 2 aromatic rings. The third-order valence-corrected chi connectivity index (χ3v) is 3.67. The Morgan fingerprint density at radius 1 is 1.29 bits per heavy atom. The maximum Gasteiger partial charge on any atom is 0.330 e. The number of aromatic amines is 1. The van der Waals surface area contributed by atoms with Gasteiger partial charge in [-0.25, -0.2) is 4.79 Å². The highest BCUT2D eigenvalue weighted by Gasteiger charge is 2.05. The number of benzene rings is 1. The molecule has 1 aromatic carbocycles. The molecule has 0 radical (unpaired) electrons. The van der Waals surface area contributed by atoms with Gasteiger partial charge >= 0.3 is 5.69 Å². The summed E-state index contributed by atoms with van der Waals surface area (Å²) in [5.74, 6) is 0.201. The topological polar surface area (TPSA) is 84.0 Å². The van der Waals surface area contributed by atoms with Gasteiger partial charge in [0.1, 0.15) is 5.82 Å². The SMILES string of the molecule is CCc1cc(Nc2cc(=O)n(C/C=C/C(C)=O)c(=O)[nH]2)ccc1C. The van der Waals surface area contributed by atoms with Crippen LogP contribution in [0.3, 0.4) is 0 Å². The first-order chi connectivity index (χ1) is 11.4. The van der Waals surface area contributed by atoms with Crippen LogP contribution in [-0.2, 0) is 17.8 Å². The lowest BCUT2D eigenvalue weighted by Crippen LogP contribution is -2.34. The second kappa shape index (κ2) is 7.59. The molecule has 0 fully saturated rings. The Kier molecular flexibility index (Phi) is 5.52. The Balaban J connectivity index is 2.26. The van der Waals surface area contributed by atoms with Crippen molar-refractivity contribution in [3.8, 4) is 0 Å². The van der Waals surface area contributed by atoms with Gasteiger partial charge in [-0.1, -0.05) is 19.1 Å². The van der Waals surface area contributed by atoms with Crippen LogP contribution < -0.4 is 16.6 Å². The summed E-state index contributed by atoms with van der Waals surface area (Å²) in [4.78, 5) is 37.6. The van der Waals surface area contributed by atoms with Crippen molar-refractivity contribution in [1.82, 2.24) is 9.55 Å². The minimum atomic E-state index is -0.527. The monoisotopic (exact) mass is 327 g/mol. The van der Waals surface area contributed by atoms with Crippen molar-refractivity contribution in [1.29, 1.82) is 0 Å². The molecule has 24 heavy (non-hydrogen) atoms. The Bertz CT molecular complexity index is 860. The van der Waals surface area contributed by atoms with Crippen LogP contribution in [0.5, 0.6) is 0 Å². The van der Waals surface area contributed by atoms with Gasteiger partial charge in [0.05, 0.1) is 0 Å². The Morgan fingerprint density at radius 3 is 2.67 bits per heavy atom. The number of allylic oxidation sites excluding steroid dienone is 2. The first-order valence-electron chi connectivity index (χ1n) is 7.78. The lowest BCUT2D eigenvalue weighted by Gasteiger charge is -2.10. The standard InChI is InChI=1S/C18H21N3O3/c1-4-14-10-15(8-7-12(14)2)19-16-11-17(23)21(18(24)20-16)9-5-6-13(3)22/h5-8,10-11,19H,4,9H2,1-3H3,(H,20,24)/b6-5+. The molecule has 0 atom stereocenters. The molecular formula is C18H21N3O3. The van der Waals surface area contributed by atoms with Gasteiger partial charge in [-0.3, -0.25) is 19.1 Å². The third kappa shape index (κ3) is 4.32. The van der Waals surface area contributed by atoms with Gasteiger partial charge in [-0.2, -0.15) is 0 Å². The number of hydrogen-bond acceptors (Lipinski definition) is 4. The molecule has 0 aliphatic carbocycles. The zero-order valence-electron chi connectivity index (χ0n) is 14.1. The minimum absolute atomic E-state index is 0.0541. The molecule has 1 aromatic heterocycles. The molecule has 0 aliphatic rings. The number of anilines is 2. The van der Waals surface area contributed by atoms with Crippen molar-refractivity contribution < 1.29 is 4.79 Å². The molecule has 2 N–H and O–H groups in total. The van der Waals surface area contributed by atoms with Gasteiger partial charge in [-0.15, -0.1) is 0 Å². The normalized spacial score (nSPS) is 11.0. The van der Waals surface area contributed by atoms with Crippen molar-refractivity contribution in [2.75, 3.05) is 5.32 Å². The van der Waals surface area contributed by atoms with Crippen LogP contribution in [0.4, 0.5) is 11.5 Å². The molecule has 0 amide bonds. The maximum absolute atomic E-state index is 12.1. The highest BCUT2D eigenvalue weighted by atomic mass is 16.2. The van der Waals surface area contributed by atoms with Crippen LogP contribution >= 0.6 is 0 Å². The molecule has 0 saturated carbocycles. The van der Waals surface area contributed by atoms with E-state index in [9.17, 15) is 14.4 Å². The second-order valence-corrected chi connectivity index (χ2v) is 5.57. The van der Waals surface area contributed by atoms with Crippen molar-refractivity contribution in [3.05, 3.63) is 68.4 Å². The third-order valence-electron chi connectivity index (χ3n) is 3.67. The summed E-state index contributed by atoms with van der Waals surface area (Å²) in [6.45, 7) is 5.57. The van der Waals surface area contributed by atoms with Gasteiger partial charge in [0.25, 0.3) is 5.56 Å². The van der Waals surface area contributed by atoms with E-state index in [-0.39, 0.29) is 12.3 Å². The summed E-state index contributed by atoms with van der Waals surface area (Å²) in [6, 6.07) is 7.21. The van der Waals surface area contributed by atoms with Gasteiger partial charge in [0.15, 0.2) is 5.78 Å². The highest BCUT2D eigenvalue weighted by molar-refractivity contribution is 5.87. The average molecular weight is 327 g/mol. The van der Waals surface area contributed by atoms with Gasteiger partial charge in [0.2, 0.25) is 0 Å².